The number of Topliss-reactive ketones (excluding diaryl/α,β-unsaturated/α-hetero) is 3. The molecule has 0 N–H and O–H groups in total. The Kier molecular flexibility index (Phi) is 5.40. The van der Waals surface area contributed by atoms with Crippen molar-refractivity contribution in [1.82, 2.24) is 19.1 Å². The Balaban J connectivity index is 1.60. The maximum atomic E-state index is 13.3. The Morgan fingerprint density at radius 2 is 1.14 bits per heavy atom. The molecule has 1 aliphatic heterocycles. The first-order valence-electron chi connectivity index (χ1n) is 12.3. The molecule has 7 nitrogen and oxygen atoms in total. The smallest absolute Gasteiger partial charge is 0.172 e. The number of aryl methyl sites for hydroxylation is 2. The predicted molar refractivity (Wildman–Crippen MR) is 134 cm³/mol. The molecule has 0 fully saturated rings. The van der Waals surface area contributed by atoms with Crippen LogP contribution in [0.1, 0.15) is 56.1 Å². The Morgan fingerprint density at radius 1 is 0.657 bits per heavy atom. The molecule has 1 aliphatic carbocycles. The number of hydrogen-bond acceptors (Lipinski definition) is 5. The van der Waals surface area contributed by atoms with Gasteiger partial charge < -0.3 is 9.13 Å². The van der Waals surface area contributed by atoms with E-state index in [4.69, 9.17) is 0 Å². The van der Waals surface area contributed by atoms with Gasteiger partial charge in [0, 0.05) is 83.8 Å². The summed E-state index contributed by atoms with van der Waals surface area (Å²) in [6.07, 6.45) is 11.8. The van der Waals surface area contributed by atoms with Crippen molar-refractivity contribution in [1.29, 1.82) is 0 Å². The topological polar surface area (TPSA) is 86.9 Å². The molecule has 0 aromatic carbocycles. The van der Waals surface area contributed by atoms with Crippen molar-refractivity contribution in [3.63, 3.8) is 0 Å². The molecule has 0 radical (unpaired) electrons. The largest absolute Gasteiger partial charge is 0.332 e. The van der Waals surface area contributed by atoms with Crippen molar-refractivity contribution in [3.05, 3.63) is 60.2 Å². The second-order valence-corrected chi connectivity index (χ2v) is 9.45. The summed E-state index contributed by atoms with van der Waals surface area (Å²) in [6, 6.07) is 7.64. The number of carbonyl (C=O) groups is 3. The molecule has 5 heterocycles. The van der Waals surface area contributed by atoms with Gasteiger partial charge in [0.2, 0.25) is 0 Å². The quantitative estimate of drug-likeness (QED) is 0.349. The first-order chi connectivity index (χ1) is 17.1. The van der Waals surface area contributed by atoms with Crippen LogP contribution in [0.3, 0.4) is 0 Å². The number of nitrogens with zero attached hydrogens (tertiary/aromatic N) is 4. The highest BCUT2D eigenvalue weighted by Crippen LogP contribution is 2.41. The van der Waals surface area contributed by atoms with Gasteiger partial charge in [0.25, 0.3) is 0 Å². The lowest BCUT2D eigenvalue weighted by Gasteiger charge is -2.06. The molecule has 0 saturated heterocycles. The fourth-order valence-corrected chi connectivity index (χ4v) is 5.49. The fraction of sp³-hybridized carbons (Fsp3) is 0.321. The molecular weight excluding hydrogens is 440 g/mol. The molecular formula is C28H26N4O3. The summed E-state index contributed by atoms with van der Waals surface area (Å²) >= 11 is 0. The summed E-state index contributed by atoms with van der Waals surface area (Å²) in [5.41, 5.74) is 4.05. The van der Waals surface area contributed by atoms with Gasteiger partial charge in [0.15, 0.2) is 11.6 Å². The highest BCUT2D eigenvalue weighted by Gasteiger charge is 2.35. The molecule has 0 saturated carbocycles. The van der Waals surface area contributed by atoms with Gasteiger partial charge in [-0.05, 0) is 49.9 Å². The van der Waals surface area contributed by atoms with Gasteiger partial charge in [0.05, 0.1) is 6.42 Å². The van der Waals surface area contributed by atoms with Gasteiger partial charge in [-0.25, -0.2) is 9.97 Å². The van der Waals surface area contributed by atoms with Gasteiger partial charge in [-0.3, -0.25) is 14.4 Å². The number of allylic oxidation sites excluding steroid dienone is 2. The third kappa shape index (κ3) is 3.71. The van der Waals surface area contributed by atoms with Crippen molar-refractivity contribution in [2.45, 2.75) is 58.0 Å². The van der Waals surface area contributed by atoms with Crippen LogP contribution in [0.25, 0.3) is 33.2 Å². The van der Waals surface area contributed by atoms with Crippen molar-refractivity contribution < 1.29 is 14.4 Å². The summed E-state index contributed by atoms with van der Waals surface area (Å²) in [6.45, 7) is 1.41. The summed E-state index contributed by atoms with van der Waals surface area (Å²) in [5.74, 6) is 0.000854. The number of aromatic nitrogens is 4. The van der Waals surface area contributed by atoms with E-state index in [1.54, 1.807) is 12.4 Å². The van der Waals surface area contributed by atoms with Crippen LogP contribution in [0.15, 0.2) is 49.1 Å². The zero-order chi connectivity index (χ0) is 23.9. The molecule has 2 aliphatic rings. The normalized spacial score (nSPS) is 17.9. The molecule has 7 heteroatoms. The van der Waals surface area contributed by atoms with Crippen molar-refractivity contribution in [2.24, 2.45) is 0 Å². The Morgan fingerprint density at radius 3 is 1.63 bits per heavy atom. The maximum absolute atomic E-state index is 13.3. The van der Waals surface area contributed by atoms with E-state index in [1.807, 2.05) is 36.7 Å². The van der Waals surface area contributed by atoms with Crippen LogP contribution >= 0.6 is 0 Å². The molecule has 4 aromatic rings. The van der Waals surface area contributed by atoms with Crippen molar-refractivity contribution in [3.8, 4) is 0 Å². The second-order valence-electron chi connectivity index (χ2n) is 9.45. The Hall–Kier alpha value is -3.87. The number of ketones is 3. The number of carbonyl (C=O) groups excluding carboxylic acids is 3. The van der Waals surface area contributed by atoms with E-state index >= 15 is 0 Å². The third-order valence-corrected chi connectivity index (χ3v) is 7.14. The molecule has 6 rings (SSSR count). The third-order valence-electron chi connectivity index (χ3n) is 7.14. The van der Waals surface area contributed by atoms with Crippen molar-refractivity contribution >= 4 is 50.6 Å². The zero-order valence-corrected chi connectivity index (χ0v) is 19.5. The summed E-state index contributed by atoms with van der Waals surface area (Å²) in [4.78, 5) is 48.1. The predicted octanol–water partition coefficient (Wildman–Crippen LogP) is 4.76. The summed E-state index contributed by atoms with van der Waals surface area (Å²) < 4.78 is 4.11. The van der Waals surface area contributed by atoms with E-state index in [9.17, 15) is 14.4 Å². The zero-order valence-electron chi connectivity index (χ0n) is 19.5. The van der Waals surface area contributed by atoms with E-state index in [0.717, 1.165) is 58.9 Å². The highest BCUT2D eigenvalue weighted by atomic mass is 16.2. The molecule has 35 heavy (non-hydrogen) atoms. The highest BCUT2D eigenvalue weighted by molar-refractivity contribution is 6.52. The number of fused-ring (bicyclic) bond motifs is 12. The van der Waals surface area contributed by atoms with E-state index in [1.165, 1.54) is 0 Å². The molecule has 0 amide bonds. The first-order valence-corrected chi connectivity index (χ1v) is 12.3. The average molecular weight is 467 g/mol. The van der Waals surface area contributed by atoms with E-state index in [2.05, 4.69) is 19.1 Å². The SMILES string of the molecule is O=C1CCCCn2cc(c3cccnc32)C2=C(C(=O)CC2=O)c2cn(c3ncccc23)CCCC1. The van der Waals surface area contributed by atoms with Crippen LogP contribution in [0, 0.1) is 0 Å². The van der Waals surface area contributed by atoms with Crippen LogP contribution in [-0.2, 0) is 27.5 Å². The standard InChI is InChI=1S/C28H26N4O3/c33-18-7-1-3-13-31-16-21(19-9-5-11-29-27(19)31)25-23(34)15-24(35)26(25)22-17-32(14-4-2-8-18)28-20(22)10-6-12-30-28/h5-6,9-12,16-17H,1-4,7-8,13-15H2. The Labute approximate surface area is 202 Å². The van der Waals surface area contributed by atoms with Gasteiger partial charge in [0.1, 0.15) is 17.1 Å². The van der Waals surface area contributed by atoms with Gasteiger partial charge in [-0.1, -0.05) is 0 Å². The van der Waals surface area contributed by atoms with Crippen LogP contribution in [0.5, 0.6) is 0 Å². The van der Waals surface area contributed by atoms with Gasteiger partial charge >= 0.3 is 0 Å². The molecule has 0 unspecified atom stereocenters. The summed E-state index contributed by atoms with van der Waals surface area (Å²) in [5, 5.41) is 1.73. The van der Waals surface area contributed by atoms with Crippen molar-refractivity contribution in [2.75, 3.05) is 0 Å². The van der Waals surface area contributed by atoms with Crippen LogP contribution < -0.4 is 0 Å². The second kappa shape index (κ2) is 8.73. The van der Waals surface area contributed by atoms with E-state index < -0.39 is 0 Å². The van der Waals surface area contributed by atoms with Crippen LogP contribution in [0.4, 0.5) is 0 Å². The summed E-state index contributed by atoms with van der Waals surface area (Å²) in [7, 11) is 0. The molecule has 176 valence electrons. The fourth-order valence-electron chi connectivity index (χ4n) is 5.49. The molecule has 4 bridgehead atoms. The maximum Gasteiger partial charge on any atom is 0.172 e. The monoisotopic (exact) mass is 466 g/mol. The molecule has 0 spiro atoms. The minimum Gasteiger partial charge on any atom is -0.332 e. The molecule has 4 aromatic heterocycles. The van der Waals surface area contributed by atoms with Gasteiger partial charge in [-0.15, -0.1) is 0 Å². The first kappa shape index (κ1) is 21.6. The van der Waals surface area contributed by atoms with E-state index in [-0.39, 0.29) is 18.0 Å². The lowest BCUT2D eigenvalue weighted by molar-refractivity contribution is -0.120. The lowest BCUT2D eigenvalue weighted by Crippen LogP contribution is -2.03. The number of rotatable bonds is 0. The van der Waals surface area contributed by atoms with Crippen LogP contribution in [0.2, 0.25) is 0 Å². The Bertz CT molecular complexity index is 1430. The number of hydrogen-bond donors (Lipinski definition) is 0. The average Bonchev–Trinajstić information content (AvgIpc) is 3.50. The minimum atomic E-state index is -0.152. The lowest BCUT2D eigenvalue weighted by atomic mass is 9.96. The van der Waals surface area contributed by atoms with E-state index in [0.29, 0.717) is 42.9 Å². The minimum absolute atomic E-state index is 0.118. The van der Waals surface area contributed by atoms with Crippen LogP contribution in [-0.4, -0.2) is 36.5 Å². The van der Waals surface area contributed by atoms with Gasteiger partial charge in [-0.2, -0.15) is 0 Å². The molecule has 0 atom stereocenters. The number of pyridine rings is 2.